The number of anilines is 2. The van der Waals surface area contributed by atoms with Crippen LogP contribution in [0, 0.1) is 0 Å². The summed E-state index contributed by atoms with van der Waals surface area (Å²) in [5.41, 5.74) is 0.613. The summed E-state index contributed by atoms with van der Waals surface area (Å²) in [7, 11) is -3.98. The van der Waals surface area contributed by atoms with Gasteiger partial charge in [-0.1, -0.05) is 38.5 Å². The van der Waals surface area contributed by atoms with Crippen molar-refractivity contribution in [2.45, 2.75) is 48.4 Å². The number of ether oxygens (including phenoxy) is 1. The van der Waals surface area contributed by atoms with Gasteiger partial charge in [0.1, 0.15) is 16.9 Å². The Morgan fingerprint density at radius 2 is 2.00 bits per heavy atom. The monoisotopic (exact) mass is 494 g/mol. The van der Waals surface area contributed by atoms with Gasteiger partial charge in [-0.05, 0) is 37.3 Å². The number of hydrogen-bond donors (Lipinski definition) is 2. The molecule has 33 heavy (non-hydrogen) atoms. The molecule has 2 N–H and O–H groups in total. The van der Waals surface area contributed by atoms with Gasteiger partial charge in [0.15, 0.2) is 0 Å². The van der Waals surface area contributed by atoms with Crippen molar-refractivity contribution in [2.24, 2.45) is 0 Å². The number of benzene rings is 2. The summed E-state index contributed by atoms with van der Waals surface area (Å²) in [5.74, 6) is -3.21. The minimum absolute atomic E-state index is 0.0188. The number of sulfonamides is 1. The predicted octanol–water partition coefficient (Wildman–Crippen LogP) is 5.06. The molecule has 0 radical (unpaired) electrons. The highest BCUT2D eigenvalue weighted by Gasteiger charge is 2.41. The van der Waals surface area contributed by atoms with Crippen LogP contribution in [0.2, 0.25) is 0 Å². The molecule has 2 aromatic carbocycles. The van der Waals surface area contributed by atoms with Crippen LogP contribution in [-0.4, -0.2) is 37.8 Å². The summed E-state index contributed by atoms with van der Waals surface area (Å²) in [5, 5.41) is 8.75. The van der Waals surface area contributed by atoms with E-state index in [-0.39, 0.29) is 10.6 Å². The van der Waals surface area contributed by atoms with Crippen molar-refractivity contribution in [2.75, 3.05) is 17.7 Å². The predicted molar refractivity (Wildman–Crippen MR) is 127 cm³/mol. The van der Waals surface area contributed by atoms with Gasteiger partial charge in [-0.2, -0.15) is 4.39 Å². The molecule has 0 fully saturated rings. The van der Waals surface area contributed by atoms with Gasteiger partial charge in [0.2, 0.25) is 15.9 Å². The van der Waals surface area contributed by atoms with Crippen LogP contribution in [0.1, 0.15) is 33.1 Å². The fraction of sp³-hybridized carbons (Fsp3) is 0.348. The molecule has 0 saturated heterocycles. The Morgan fingerprint density at radius 3 is 2.58 bits per heavy atom. The van der Waals surface area contributed by atoms with Crippen molar-refractivity contribution in [3.8, 4) is 5.75 Å². The van der Waals surface area contributed by atoms with E-state index in [1.165, 1.54) is 17.8 Å². The zero-order valence-corrected chi connectivity index (χ0v) is 20.3. The molecule has 2 aromatic rings. The van der Waals surface area contributed by atoms with Crippen LogP contribution >= 0.6 is 11.8 Å². The number of carboxylic acids is 1. The molecule has 0 bridgehead atoms. The number of nitrogens with one attached hydrogen (secondary N) is 1. The zero-order valence-electron chi connectivity index (χ0n) is 18.7. The smallest absolute Gasteiger partial charge is 0.368 e. The summed E-state index contributed by atoms with van der Waals surface area (Å²) >= 11 is 1.28. The second-order valence-electron chi connectivity index (χ2n) is 7.77. The molecule has 0 saturated carbocycles. The number of hydrogen-bond acceptors (Lipinski definition) is 6. The van der Waals surface area contributed by atoms with Gasteiger partial charge in [-0.3, -0.25) is 0 Å². The minimum atomic E-state index is -3.98. The molecule has 1 heterocycles. The Balaban J connectivity index is 2.25. The lowest BCUT2D eigenvalue weighted by Crippen LogP contribution is -2.52. The van der Waals surface area contributed by atoms with Gasteiger partial charge in [0.05, 0.1) is 16.1 Å². The molecule has 0 aliphatic carbocycles. The normalized spacial score (nSPS) is 20.1. The van der Waals surface area contributed by atoms with E-state index in [0.717, 1.165) is 12.1 Å². The first kappa shape index (κ1) is 25.1. The fourth-order valence-electron chi connectivity index (χ4n) is 3.94. The highest BCUT2D eigenvalue weighted by atomic mass is 32.2. The van der Waals surface area contributed by atoms with Crippen molar-refractivity contribution in [1.29, 1.82) is 0 Å². The Bertz CT molecular complexity index is 1150. The van der Waals surface area contributed by atoms with Gasteiger partial charge >= 0.3 is 5.97 Å². The van der Waals surface area contributed by atoms with E-state index in [9.17, 15) is 17.6 Å². The summed E-state index contributed by atoms with van der Waals surface area (Å²) < 4.78 is 48.8. The highest BCUT2D eigenvalue weighted by Crippen LogP contribution is 2.43. The molecule has 0 amide bonds. The van der Waals surface area contributed by atoms with Gasteiger partial charge in [-0.25, -0.2) is 17.9 Å². The number of nitrogens with zero attached hydrogens (tertiary/aromatic N) is 1. The van der Waals surface area contributed by atoms with E-state index >= 15 is 0 Å². The molecular weight excluding hydrogens is 467 g/mol. The lowest BCUT2D eigenvalue weighted by atomic mass is 9.90. The van der Waals surface area contributed by atoms with Crippen LogP contribution in [0.3, 0.4) is 0 Å². The first-order valence-corrected chi connectivity index (χ1v) is 13.2. The minimum Gasteiger partial charge on any atom is -0.476 e. The number of carbonyl (C=O) groups is 1. The van der Waals surface area contributed by atoms with Crippen molar-refractivity contribution in [1.82, 2.24) is 4.72 Å². The van der Waals surface area contributed by atoms with Crippen LogP contribution in [0.4, 0.5) is 15.8 Å². The second kappa shape index (κ2) is 10.1. The third-order valence-corrected chi connectivity index (χ3v) is 7.97. The Kier molecular flexibility index (Phi) is 7.71. The van der Waals surface area contributed by atoms with Crippen LogP contribution in [0.25, 0.3) is 0 Å². The van der Waals surface area contributed by atoms with E-state index in [2.05, 4.69) is 4.72 Å². The highest BCUT2D eigenvalue weighted by molar-refractivity contribution is 7.98. The molecule has 1 aliphatic rings. The Hall–Kier alpha value is -2.56. The quantitative estimate of drug-likeness (QED) is 0.301. The third-order valence-electron chi connectivity index (χ3n) is 5.60. The Labute approximate surface area is 197 Å². The van der Waals surface area contributed by atoms with Crippen molar-refractivity contribution >= 4 is 39.1 Å². The van der Waals surface area contributed by atoms with Gasteiger partial charge in [0, 0.05) is 18.3 Å². The summed E-state index contributed by atoms with van der Waals surface area (Å²) in [4.78, 5) is 13.3. The second-order valence-corrected chi connectivity index (χ2v) is 10.3. The van der Waals surface area contributed by atoms with E-state index in [0.29, 0.717) is 36.2 Å². The average Bonchev–Trinajstić information content (AvgIpc) is 2.89. The molecule has 0 unspecified atom stereocenters. The van der Waals surface area contributed by atoms with Crippen LogP contribution < -0.4 is 14.4 Å². The third kappa shape index (κ3) is 5.34. The van der Waals surface area contributed by atoms with Crippen LogP contribution in [0.5, 0.6) is 5.75 Å². The standard InChI is InChI=1S/C23H27FN2O5S2/c1-4-11-23(5-2)15-26(16-9-7-6-8-10-16)18-12-20(32-3)19(31-14-17(24)22(27)28)13-21(18)33(29,30)25-23/h6-10,12-14,25H,4-5,11,15H2,1-3H3,(H,27,28)/b17-14-/t23-/m0/s1. The summed E-state index contributed by atoms with van der Waals surface area (Å²) in [6.07, 6.45) is 4.26. The largest absolute Gasteiger partial charge is 0.476 e. The SMILES string of the molecule is CCC[C@@]1(CC)CN(c2ccccc2)c2cc(SC)c(O/C=C(\F)C(=O)O)cc2S(=O)(=O)N1. The molecule has 10 heteroatoms. The molecule has 7 nitrogen and oxygen atoms in total. The van der Waals surface area contributed by atoms with Crippen molar-refractivity contribution < 1.29 is 27.4 Å². The number of para-hydroxylation sites is 1. The molecule has 3 rings (SSSR count). The van der Waals surface area contributed by atoms with Crippen molar-refractivity contribution in [3.63, 3.8) is 0 Å². The van der Waals surface area contributed by atoms with Crippen molar-refractivity contribution in [3.05, 3.63) is 54.6 Å². The molecule has 178 valence electrons. The van der Waals surface area contributed by atoms with E-state index < -0.39 is 27.4 Å². The molecule has 0 spiro atoms. The number of halogens is 1. The van der Waals surface area contributed by atoms with Gasteiger partial charge in [0.25, 0.3) is 0 Å². The number of fused-ring (bicyclic) bond motifs is 1. The summed E-state index contributed by atoms with van der Waals surface area (Å²) in [6.45, 7) is 4.39. The summed E-state index contributed by atoms with van der Waals surface area (Å²) in [6, 6.07) is 12.5. The van der Waals surface area contributed by atoms with Crippen LogP contribution in [-0.2, 0) is 14.8 Å². The van der Waals surface area contributed by atoms with E-state index in [1.807, 2.05) is 49.1 Å². The van der Waals surface area contributed by atoms with E-state index in [4.69, 9.17) is 9.84 Å². The lowest BCUT2D eigenvalue weighted by molar-refractivity contribution is -0.134. The first-order chi connectivity index (χ1) is 15.7. The van der Waals surface area contributed by atoms with Gasteiger partial charge in [-0.15, -0.1) is 11.8 Å². The molecule has 1 aliphatic heterocycles. The molecular formula is C23H27FN2O5S2. The molecule has 0 aromatic heterocycles. The van der Waals surface area contributed by atoms with Gasteiger partial charge < -0.3 is 14.7 Å². The maximum absolute atomic E-state index is 13.5. The van der Waals surface area contributed by atoms with E-state index in [1.54, 1.807) is 12.3 Å². The van der Waals surface area contributed by atoms with Crippen LogP contribution in [0.15, 0.2) is 64.3 Å². The number of rotatable bonds is 8. The number of carboxylic acid groups (broad SMARTS) is 1. The first-order valence-electron chi connectivity index (χ1n) is 10.5. The average molecular weight is 495 g/mol. The number of thioether (sulfide) groups is 1. The zero-order chi connectivity index (χ0) is 24.2. The topological polar surface area (TPSA) is 95.9 Å². The fourth-order valence-corrected chi connectivity index (χ4v) is 6.18. The number of aliphatic carboxylic acids is 1. The lowest BCUT2D eigenvalue weighted by Gasteiger charge is -2.36. The maximum atomic E-state index is 13.5. The maximum Gasteiger partial charge on any atom is 0.368 e. The Morgan fingerprint density at radius 1 is 1.30 bits per heavy atom. The molecule has 1 atom stereocenters.